The van der Waals surface area contributed by atoms with Gasteiger partial charge >= 0.3 is 0 Å². The van der Waals surface area contributed by atoms with Crippen molar-refractivity contribution in [1.82, 2.24) is 0 Å². The van der Waals surface area contributed by atoms with Crippen LogP contribution >= 0.6 is 0 Å². The molecule has 0 unspecified atom stereocenters. The summed E-state index contributed by atoms with van der Waals surface area (Å²) >= 11 is 0. The van der Waals surface area contributed by atoms with E-state index in [2.05, 4.69) is 5.32 Å². The Labute approximate surface area is 111 Å². The van der Waals surface area contributed by atoms with Crippen LogP contribution in [-0.4, -0.2) is 16.1 Å². The number of carbonyl (C=O) groups excluding carboxylic acids is 1. The van der Waals surface area contributed by atoms with Crippen LogP contribution in [0.5, 0.6) is 0 Å². The van der Waals surface area contributed by atoms with Crippen LogP contribution in [0.1, 0.15) is 21.5 Å². The number of aliphatic hydroxyl groups excluding tert-OH is 2. The molecular weight excluding hydrogens is 242 g/mol. The Balaban J connectivity index is 2.06. The molecule has 0 fully saturated rings. The fourth-order valence-electron chi connectivity index (χ4n) is 1.66. The lowest BCUT2D eigenvalue weighted by atomic mass is 10.1. The van der Waals surface area contributed by atoms with E-state index in [9.17, 15) is 4.79 Å². The monoisotopic (exact) mass is 257 g/mol. The SMILES string of the molecule is O=C(Nc1ccc(CO)cc1)c1ccc(CO)cc1. The summed E-state index contributed by atoms with van der Waals surface area (Å²) in [5.41, 5.74) is 2.77. The highest BCUT2D eigenvalue weighted by molar-refractivity contribution is 6.04. The summed E-state index contributed by atoms with van der Waals surface area (Å²) in [6, 6.07) is 13.8. The van der Waals surface area contributed by atoms with Crippen molar-refractivity contribution in [3.8, 4) is 0 Å². The van der Waals surface area contributed by atoms with Crippen LogP contribution in [0, 0.1) is 0 Å². The molecule has 2 rings (SSSR count). The van der Waals surface area contributed by atoms with E-state index in [1.807, 2.05) is 0 Å². The van der Waals surface area contributed by atoms with Gasteiger partial charge in [-0.25, -0.2) is 0 Å². The average Bonchev–Trinajstić information content (AvgIpc) is 2.48. The summed E-state index contributed by atoms with van der Waals surface area (Å²) in [4.78, 5) is 11.9. The maximum absolute atomic E-state index is 11.9. The van der Waals surface area contributed by atoms with Gasteiger partial charge < -0.3 is 15.5 Å². The van der Waals surface area contributed by atoms with Crippen molar-refractivity contribution >= 4 is 11.6 Å². The van der Waals surface area contributed by atoms with Crippen LogP contribution in [0.25, 0.3) is 0 Å². The molecule has 0 radical (unpaired) electrons. The predicted molar refractivity (Wildman–Crippen MR) is 72.7 cm³/mol. The smallest absolute Gasteiger partial charge is 0.255 e. The molecule has 4 heteroatoms. The van der Waals surface area contributed by atoms with Crippen LogP contribution in [0.15, 0.2) is 48.5 Å². The highest BCUT2D eigenvalue weighted by Crippen LogP contribution is 2.12. The molecule has 1 amide bonds. The molecule has 2 aromatic rings. The highest BCUT2D eigenvalue weighted by Gasteiger charge is 2.05. The van der Waals surface area contributed by atoms with Crippen LogP contribution in [-0.2, 0) is 13.2 Å². The van der Waals surface area contributed by atoms with Gasteiger partial charge in [0.1, 0.15) is 0 Å². The second kappa shape index (κ2) is 6.13. The largest absolute Gasteiger partial charge is 0.392 e. The summed E-state index contributed by atoms with van der Waals surface area (Å²) in [7, 11) is 0. The van der Waals surface area contributed by atoms with Gasteiger partial charge in [0.15, 0.2) is 0 Å². The minimum Gasteiger partial charge on any atom is -0.392 e. The maximum atomic E-state index is 11.9. The van der Waals surface area contributed by atoms with Crippen molar-refractivity contribution in [2.45, 2.75) is 13.2 Å². The van der Waals surface area contributed by atoms with Crippen molar-refractivity contribution in [2.24, 2.45) is 0 Å². The van der Waals surface area contributed by atoms with Crippen molar-refractivity contribution in [3.63, 3.8) is 0 Å². The number of hydrogen-bond donors (Lipinski definition) is 3. The normalized spacial score (nSPS) is 10.2. The predicted octanol–water partition coefficient (Wildman–Crippen LogP) is 1.92. The first-order chi connectivity index (χ1) is 9.22. The molecule has 0 atom stereocenters. The Morgan fingerprint density at radius 2 is 1.32 bits per heavy atom. The summed E-state index contributed by atoms with van der Waals surface area (Å²) in [6.45, 7) is -0.0542. The van der Waals surface area contributed by atoms with Crippen LogP contribution < -0.4 is 5.32 Å². The van der Waals surface area contributed by atoms with Gasteiger partial charge in [-0.3, -0.25) is 4.79 Å². The number of anilines is 1. The summed E-state index contributed by atoms with van der Waals surface area (Å²) in [6.07, 6.45) is 0. The van der Waals surface area contributed by atoms with E-state index in [0.29, 0.717) is 11.3 Å². The van der Waals surface area contributed by atoms with Gasteiger partial charge in [0.05, 0.1) is 13.2 Å². The molecule has 0 aromatic heterocycles. The first-order valence-corrected chi connectivity index (χ1v) is 5.94. The summed E-state index contributed by atoms with van der Waals surface area (Å²) < 4.78 is 0. The van der Waals surface area contributed by atoms with Crippen molar-refractivity contribution in [3.05, 3.63) is 65.2 Å². The first kappa shape index (κ1) is 13.3. The lowest BCUT2D eigenvalue weighted by Gasteiger charge is -2.06. The van der Waals surface area contributed by atoms with E-state index >= 15 is 0 Å². The molecule has 0 bridgehead atoms. The Bertz CT molecular complexity index is 547. The molecule has 0 heterocycles. The van der Waals surface area contributed by atoms with Crippen LogP contribution in [0.4, 0.5) is 5.69 Å². The number of rotatable bonds is 4. The highest BCUT2D eigenvalue weighted by atomic mass is 16.3. The fraction of sp³-hybridized carbons (Fsp3) is 0.133. The number of aliphatic hydroxyl groups is 2. The molecule has 0 saturated heterocycles. The average molecular weight is 257 g/mol. The number of carbonyl (C=O) groups is 1. The summed E-state index contributed by atoms with van der Waals surface area (Å²) in [5.74, 6) is -0.207. The minimum absolute atomic E-state index is 0.0170. The van der Waals surface area contributed by atoms with Crippen molar-refractivity contribution in [1.29, 1.82) is 0 Å². The molecule has 0 spiro atoms. The minimum atomic E-state index is -0.207. The van der Waals surface area contributed by atoms with Gasteiger partial charge in [0.2, 0.25) is 0 Å². The molecule has 0 aliphatic rings. The van der Waals surface area contributed by atoms with Crippen molar-refractivity contribution < 1.29 is 15.0 Å². The second-order valence-corrected chi connectivity index (χ2v) is 4.16. The van der Waals surface area contributed by atoms with Gasteiger partial charge in [0, 0.05) is 11.3 Å². The Kier molecular flexibility index (Phi) is 4.28. The summed E-state index contributed by atoms with van der Waals surface area (Å²) in [5, 5.41) is 20.6. The molecule has 98 valence electrons. The zero-order chi connectivity index (χ0) is 13.7. The van der Waals surface area contributed by atoms with E-state index in [1.165, 1.54) is 0 Å². The van der Waals surface area contributed by atoms with Gasteiger partial charge in [-0.15, -0.1) is 0 Å². The molecule has 0 aliphatic carbocycles. The standard InChI is InChI=1S/C15H15NO3/c17-9-11-1-5-13(6-2-11)15(19)16-14-7-3-12(10-18)4-8-14/h1-8,17-18H,9-10H2,(H,16,19). The van der Waals surface area contributed by atoms with Crippen LogP contribution in [0.2, 0.25) is 0 Å². The maximum Gasteiger partial charge on any atom is 0.255 e. The molecule has 2 aromatic carbocycles. The third-order valence-electron chi connectivity index (χ3n) is 2.79. The Morgan fingerprint density at radius 1 is 0.842 bits per heavy atom. The molecule has 3 N–H and O–H groups in total. The quantitative estimate of drug-likeness (QED) is 0.783. The zero-order valence-electron chi connectivity index (χ0n) is 10.3. The Morgan fingerprint density at radius 3 is 1.79 bits per heavy atom. The Hall–Kier alpha value is -2.17. The lowest BCUT2D eigenvalue weighted by molar-refractivity contribution is 0.102. The van der Waals surface area contributed by atoms with E-state index in [4.69, 9.17) is 10.2 Å². The van der Waals surface area contributed by atoms with Crippen molar-refractivity contribution in [2.75, 3.05) is 5.32 Å². The lowest BCUT2D eigenvalue weighted by Crippen LogP contribution is -2.11. The fourth-order valence-corrected chi connectivity index (χ4v) is 1.66. The van der Waals surface area contributed by atoms with E-state index in [1.54, 1.807) is 48.5 Å². The van der Waals surface area contributed by atoms with Crippen LogP contribution in [0.3, 0.4) is 0 Å². The molecule has 4 nitrogen and oxygen atoms in total. The van der Waals surface area contributed by atoms with Gasteiger partial charge in [0.25, 0.3) is 5.91 Å². The van der Waals surface area contributed by atoms with E-state index < -0.39 is 0 Å². The molecule has 0 aliphatic heterocycles. The number of benzene rings is 2. The van der Waals surface area contributed by atoms with E-state index in [0.717, 1.165) is 11.1 Å². The third kappa shape index (κ3) is 3.40. The topological polar surface area (TPSA) is 69.6 Å². The zero-order valence-corrected chi connectivity index (χ0v) is 10.3. The first-order valence-electron chi connectivity index (χ1n) is 5.94. The number of nitrogens with one attached hydrogen (secondary N) is 1. The van der Waals surface area contributed by atoms with E-state index in [-0.39, 0.29) is 19.1 Å². The second-order valence-electron chi connectivity index (χ2n) is 4.16. The number of amides is 1. The van der Waals surface area contributed by atoms with Gasteiger partial charge in [-0.1, -0.05) is 24.3 Å². The molecule has 0 saturated carbocycles. The van der Waals surface area contributed by atoms with Gasteiger partial charge in [-0.05, 0) is 35.4 Å². The van der Waals surface area contributed by atoms with Gasteiger partial charge in [-0.2, -0.15) is 0 Å². The molecular formula is C15H15NO3. The third-order valence-corrected chi connectivity index (χ3v) is 2.79. The molecule has 19 heavy (non-hydrogen) atoms. The number of hydrogen-bond acceptors (Lipinski definition) is 3.